The molecular weight excluding hydrogens is 264 g/mol. The molecule has 1 atom stereocenters. The van der Waals surface area contributed by atoms with Crippen molar-refractivity contribution < 1.29 is 27.0 Å². The van der Waals surface area contributed by atoms with Crippen molar-refractivity contribution in [1.82, 2.24) is 0 Å². The van der Waals surface area contributed by atoms with Crippen LogP contribution in [0.3, 0.4) is 0 Å². The molecular formula is C13H14F4O2. The summed E-state index contributed by atoms with van der Waals surface area (Å²) in [5.41, 5.74) is 0.564. The zero-order chi connectivity index (χ0) is 14.4. The molecule has 1 aromatic carbocycles. The first-order valence-electron chi connectivity index (χ1n) is 5.58. The van der Waals surface area contributed by atoms with E-state index in [1.807, 2.05) is 6.92 Å². The number of benzene rings is 1. The molecule has 1 rings (SSSR count). The molecule has 0 saturated carbocycles. The zero-order valence-electron chi connectivity index (χ0n) is 10.3. The molecule has 0 aliphatic carbocycles. The molecule has 0 fully saturated rings. The van der Waals surface area contributed by atoms with E-state index in [4.69, 9.17) is 0 Å². The fourth-order valence-corrected chi connectivity index (χ4v) is 1.61. The van der Waals surface area contributed by atoms with Crippen LogP contribution in [0.15, 0.2) is 30.9 Å². The summed E-state index contributed by atoms with van der Waals surface area (Å²) in [5, 5.41) is 0. The molecule has 0 saturated heterocycles. The quantitative estimate of drug-likeness (QED) is 0.537. The Balaban J connectivity index is 3.04. The molecule has 0 N–H and O–H groups in total. The number of hydrogen-bond donors (Lipinski definition) is 0. The first-order chi connectivity index (χ1) is 8.92. The van der Waals surface area contributed by atoms with Gasteiger partial charge in [-0.15, -0.1) is 6.58 Å². The van der Waals surface area contributed by atoms with Gasteiger partial charge in [-0.2, -0.15) is 17.6 Å². The third-order valence-corrected chi connectivity index (χ3v) is 2.44. The second-order valence-corrected chi connectivity index (χ2v) is 3.92. The molecule has 106 valence electrons. The summed E-state index contributed by atoms with van der Waals surface area (Å²) in [7, 11) is 0. The number of hydrogen-bond acceptors (Lipinski definition) is 2. The van der Waals surface area contributed by atoms with Crippen molar-refractivity contribution in [3.63, 3.8) is 0 Å². The molecule has 19 heavy (non-hydrogen) atoms. The Hall–Kier alpha value is -1.72. The third-order valence-electron chi connectivity index (χ3n) is 2.44. The highest BCUT2D eigenvalue weighted by atomic mass is 19.3. The standard InChI is InChI=1S/C13H14F4O2/c1-3-4-8(2)9-5-10(18-12(14)15)7-11(6-9)19-13(16)17/h3,5-8,12-13H,1,4H2,2H3. The Morgan fingerprint density at radius 1 is 1.05 bits per heavy atom. The largest absolute Gasteiger partial charge is 0.435 e. The van der Waals surface area contributed by atoms with Gasteiger partial charge in [-0.1, -0.05) is 13.0 Å². The maximum Gasteiger partial charge on any atom is 0.387 e. The predicted octanol–water partition coefficient (Wildman–Crippen LogP) is 4.57. The van der Waals surface area contributed by atoms with Crippen LogP contribution in [0.25, 0.3) is 0 Å². The van der Waals surface area contributed by atoms with Crippen LogP contribution in [0.5, 0.6) is 11.5 Å². The highest BCUT2D eigenvalue weighted by molar-refractivity contribution is 5.40. The number of halogens is 4. The van der Waals surface area contributed by atoms with E-state index in [9.17, 15) is 17.6 Å². The van der Waals surface area contributed by atoms with Gasteiger partial charge in [0.2, 0.25) is 0 Å². The Kier molecular flexibility index (Phi) is 5.66. The van der Waals surface area contributed by atoms with Gasteiger partial charge in [0, 0.05) is 6.07 Å². The van der Waals surface area contributed by atoms with Gasteiger partial charge in [-0.05, 0) is 30.0 Å². The van der Waals surface area contributed by atoms with E-state index >= 15 is 0 Å². The number of ether oxygens (including phenoxy) is 2. The molecule has 0 radical (unpaired) electrons. The van der Waals surface area contributed by atoms with Gasteiger partial charge >= 0.3 is 13.2 Å². The van der Waals surface area contributed by atoms with Crippen LogP contribution in [0.4, 0.5) is 17.6 Å². The second kappa shape index (κ2) is 7.01. The molecule has 0 aliphatic heterocycles. The monoisotopic (exact) mass is 278 g/mol. The van der Waals surface area contributed by atoms with Gasteiger partial charge in [0.05, 0.1) is 0 Å². The van der Waals surface area contributed by atoms with Crippen molar-refractivity contribution in [2.75, 3.05) is 0 Å². The van der Waals surface area contributed by atoms with Gasteiger partial charge in [0.15, 0.2) is 0 Å². The normalized spacial score (nSPS) is 12.6. The van der Waals surface area contributed by atoms with E-state index in [1.165, 1.54) is 12.1 Å². The summed E-state index contributed by atoms with van der Waals surface area (Å²) >= 11 is 0. The molecule has 0 aromatic heterocycles. The van der Waals surface area contributed by atoms with Gasteiger partial charge < -0.3 is 9.47 Å². The average molecular weight is 278 g/mol. The third kappa shape index (κ3) is 5.19. The lowest BCUT2D eigenvalue weighted by Gasteiger charge is -2.14. The second-order valence-electron chi connectivity index (χ2n) is 3.92. The van der Waals surface area contributed by atoms with Crippen molar-refractivity contribution in [3.8, 4) is 11.5 Å². The topological polar surface area (TPSA) is 18.5 Å². The maximum absolute atomic E-state index is 12.2. The SMILES string of the molecule is C=CCC(C)c1cc(OC(F)F)cc(OC(F)F)c1. The van der Waals surface area contributed by atoms with Gasteiger partial charge in [-0.25, -0.2) is 0 Å². The van der Waals surface area contributed by atoms with Crippen LogP contribution in [0.1, 0.15) is 24.8 Å². The van der Waals surface area contributed by atoms with E-state index in [2.05, 4.69) is 16.1 Å². The number of rotatable bonds is 7. The average Bonchev–Trinajstić information content (AvgIpc) is 2.26. The minimum Gasteiger partial charge on any atom is -0.435 e. The molecule has 0 amide bonds. The van der Waals surface area contributed by atoms with Crippen LogP contribution < -0.4 is 9.47 Å². The van der Waals surface area contributed by atoms with E-state index in [-0.39, 0.29) is 17.4 Å². The summed E-state index contributed by atoms with van der Waals surface area (Å²) < 4.78 is 57.1. The smallest absolute Gasteiger partial charge is 0.387 e. The van der Waals surface area contributed by atoms with Crippen molar-refractivity contribution in [2.45, 2.75) is 32.5 Å². The number of allylic oxidation sites excluding steroid dienone is 1. The van der Waals surface area contributed by atoms with Crippen LogP contribution in [-0.4, -0.2) is 13.2 Å². The first-order valence-corrected chi connectivity index (χ1v) is 5.58. The van der Waals surface area contributed by atoms with E-state index in [1.54, 1.807) is 6.08 Å². The molecule has 0 heterocycles. The summed E-state index contributed by atoms with van der Waals surface area (Å²) in [4.78, 5) is 0. The molecule has 0 spiro atoms. The van der Waals surface area contributed by atoms with Gasteiger partial charge in [0.25, 0.3) is 0 Å². The van der Waals surface area contributed by atoms with Crippen LogP contribution in [0.2, 0.25) is 0 Å². The summed E-state index contributed by atoms with van der Waals surface area (Å²) in [5.74, 6) is -0.489. The van der Waals surface area contributed by atoms with Crippen molar-refractivity contribution in [2.24, 2.45) is 0 Å². The molecule has 1 aromatic rings. The fraction of sp³-hybridized carbons (Fsp3) is 0.385. The molecule has 0 aliphatic rings. The Morgan fingerprint density at radius 3 is 1.89 bits per heavy atom. The Bertz CT molecular complexity index is 393. The summed E-state index contributed by atoms with van der Waals surface area (Å²) in [6, 6.07) is 3.75. The van der Waals surface area contributed by atoms with Gasteiger partial charge in [0.1, 0.15) is 11.5 Å². The lowest BCUT2D eigenvalue weighted by atomic mass is 9.97. The molecule has 6 heteroatoms. The highest BCUT2D eigenvalue weighted by Gasteiger charge is 2.13. The van der Waals surface area contributed by atoms with Crippen LogP contribution in [0, 0.1) is 0 Å². The van der Waals surface area contributed by atoms with Gasteiger partial charge in [-0.3, -0.25) is 0 Å². The molecule has 1 unspecified atom stereocenters. The molecule has 2 nitrogen and oxygen atoms in total. The first kappa shape index (κ1) is 15.3. The molecule has 0 bridgehead atoms. The lowest BCUT2D eigenvalue weighted by Crippen LogP contribution is -2.06. The zero-order valence-corrected chi connectivity index (χ0v) is 10.3. The van der Waals surface area contributed by atoms with Crippen molar-refractivity contribution >= 4 is 0 Å². The summed E-state index contributed by atoms with van der Waals surface area (Å²) in [6.07, 6.45) is 2.23. The van der Waals surface area contributed by atoms with Crippen molar-refractivity contribution in [3.05, 3.63) is 36.4 Å². The van der Waals surface area contributed by atoms with Crippen molar-refractivity contribution in [1.29, 1.82) is 0 Å². The fourth-order valence-electron chi connectivity index (χ4n) is 1.61. The van der Waals surface area contributed by atoms with E-state index in [0.717, 1.165) is 6.07 Å². The summed E-state index contributed by atoms with van der Waals surface area (Å²) in [6.45, 7) is -0.667. The lowest BCUT2D eigenvalue weighted by molar-refractivity contribution is -0.0543. The van der Waals surface area contributed by atoms with Crippen LogP contribution >= 0.6 is 0 Å². The minimum absolute atomic E-state index is 0.0706. The van der Waals surface area contributed by atoms with Crippen LogP contribution in [-0.2, 0) is 0 Å². The maximum atomic E-state index is 12.2. The van der Waals surface area contributed by atoms with E-state index in [0.29, 0.717) is 12.0 Å². The van der Waals surface area contributed by atoms with E-state index < -0.39 is 13.2 Å². The Morgan fingerprint density at radius 2 is 1.53 bits per heavy atom. The highest BCUT2D eigenvalue weighted by Crippen LogP contribution is 2.30. The Labute approximate surface area is 108 Å². The predicted molar refractivity (Wildman–Crippen MR) is 62.9 cm³/mol. The minimum atomic E-state index is -3.02. The number of alkyl halides is 4.